The smallest absolute Gasteiger partial charge is 0.193 e. The molecule has 2 unspecified atom stereocenters. The highest BCUT2D eigenvalue weighted by Crippen LogP contribution is 2.21. The first-order valence-corrected chi connectivity index (χ1v) is 10.4. The maximum atomic E-state index is 5.94. The summed E-state index contributed by atoms with van der Waals surface area (Å²) in [6.07, 6.45) is 9.18. The molecule has 7 heteroatoms. The summed E-state index contributed by atoms with van der Waals surface area (Å²) in [6.45, 7) is 9.54. The van der Waals surface area contributed by atoms with Gasteiger partial charge in [-0.3, -0.25) is 9.67 Å². The van der Waals surface area contributed by atoms with E-state index in [0.717, 1.165) is 37.1 Å². The number of guanidine groups is 1. The van der Waals surface area contributed by atoms with Crippen LogP contribution < -0.4 is 5.32 Å². The Kier molecular flexibility index (Phi) is 7.52. The molecule has 0 aromatic carbocycles. The predicted molar refractivity (Wildman–Crippen MR) is 109 cm³/mol. The van der Waals surface area contributed by atoms with Crippen molar-refractivity contribution in [1.82, 2.24) is 24.9 Å². The van der Waals surface area contributed by atoms with Crippen LogP contribution in [-0.2, 0) is 11.8 Å². The Morgan fingerprint density at radius 3 is 2.96 bits per heavy atom. The SMILES string of the molecule is CN=C(NCCCCN1CCCC(C)C1)N1CCOC(c2cnn(C)c2)C1. The number of nitrogens with zero attached hydrogens (tertiary/aromatic N) is 5. The second-order valence-corrected chi connectivity index (χ2v) is 7.98. The molecule has 2 aliphatic heterocycles. The van der Waals surface area contributed by atoms with Gasteiger partial charge < -0.3 is 19.9 Å². The third kappa shape index (κ3) is 5.94. The monoisotopic (exact) mass is 376 g/mol. The maximum Gasteiger partial charge on any atom is 0.193 e. The van der Waals surface area contributed by atoms with Gasteiger partial charge in [-0.15, -0.1) is 0 Å². The summed E-state index contributed by atoms with van der Waals surface area (Å²) in [4.78, 5) is 9.41. The number of unbranched alkanes of at least 4 members (excludes halogenated alkanes) is 1. The summed E-state index contributed by atoms with van der Waals surface area (Å²) in [5, 5.41) is 7.81. The molecule has 0 aliphatic carbocycles. The number of hydrogen-bond donors (Lipinski definition) is 1. The van der Waals surface area contributed by atoms with Crippen molar-refractivity contribution >= 4 is 5.96 Å². The van der Waals surface area contributed by atoms with Gasteiger partial charge in [-0.05, 0) is 44.7 Å². The van der Waals surface area contributed by atoms with E-state index in [1.54, 1.807) is 0 Å². The number of morpholine rings is 1. The molecule has 1 aromatic heterocycles. The summed E-state index contributed by atoms with van der Waals surface area (Å²) in [6, 6.07) is 0. The van der Waals surface area contributed by atoms with E-state index in [0.29, 0.717) is 6.61 Å². The van der Waals surface area contributed by atoms with E-state index < -0.39 is 0 Å². The number of ether oxygens (including phenoxy) is 1. The first kappa shape index (κ1) is 20.1. The molecule has 2 saturated heterocycles. The summed E-state index contributed by atoms with van der Waals surface area (Å²) < 4.78 is 7.76. The fourth-order valence-electron chi connectivity index (χ4n) is 4.13. The number of aromatic nitrogens is 2. The third-order valence-corrected chi connectivity index (χ3v) is 5.60. The molecule has 0 amide bonds. The zero-order valence-corrected chi connectivity index (χ0v) is 17.2. The predicted octanol–water partition coefficient (Wildman–Crippen LogP) is 1.88. The molecule has 0 spiro atoms. The average Bonchev–Trinajstić information content (AvgIpc) is 3.11. The van der Waals surface area contributed by atoms with Crippen LogP contribution in [0.3, 0.4) is 0 Å². The summed E-state index contributed by atoms with van der Waals surface area (Å²) >= 11 is 0. The van der Waals surface area contributed by atoms with Gasteiger partial charge in [0, 0.05) is 45.5 Å². The summed E-state index contributed by atoms with van der Waals surface area (Å²) in [5.74, 6) is 1.85. The van der Waals surface area contributed by atoms with E-state index in [1.165, 1.54) is 45.3 Å². The fraction of sp³-hybridized carbons (Fsp3) is 0.800. The Morgan fingerprint density at radius 1 is 1.33 bits per heavy atom. The van der Waals surface area contributed by atoms with Gasteiger partial charge in [0.25, 0.3) is 0 Å². The van der Waals surface area contributed by atoms with E-state index in [1.807, 2.05) is 31.2 Å². The van der Waals surface area contributed by atoms with Gasteiger partial charge in [0.2, 0.25) is 0 Å². The third-order valence-electron chi connectivity index (χ3n) is 5.60. The molecule has 2 aliphatic rings. The number of aliphatic imine (C=N–C) groups is 1. The Balaban J connectivity index is 1.38. The van der Waals surface area contributed by atoms with Crippen LogP contribution in [0.25, 0.3) is 0 Å². The number of aryl methyl sites for hydroxylation is 1. The van der Waals surface area contributed by atoms with Crippen LogP contribution in [0.15, 0.2) is 17.4 Å². The highest BCUT2D eigenvalue weighted by Gasteiger charge is 2.25. The number of hydrogen-bond acceptors (Lipinski definition) is 4. The largest absolute Gasteiger partial charge is 0.370 e. The Morgan fingerprint density at radius 2 is 2.22 bits per heavy atom. The van der Waals surface area contributed by atoms with Crippen molar-refractivity contribution in [3.8, 4) is 0 Å². The molecule has 152 valence electrons. The van der Waals surface area contributed by atoms with Crippen LogP contribution in [0.4, 0.5) is 0 Å². The maximum absolute atomic E-state index is 5.94. The lowest BCUT2D eigenvalue weighted by Crippen LogP contribution is -2.48. The van der Waals surface area contributed by atoms with E-state index in [9.17, 15) is 0 Å². The molecule has 7 nitrogen and oxygen atoms in total. The molecule has 0 radical (unpaired) electrons. The summed E-state index contributed by atoms with van der Waals surface area (Å²) in [5.41, 5.74) is 1.13. The number of nitrogens with one attached hydrogen (secondary N) is 1. The van der Waals surface area contributed by atoms with E-state index in [2.05, 4.69) is 32.1 Å². The van der Waals surface area contributed by atoms with Crippen LogP contribution in [0, 0.1) is 5.92 Å². The second kappa shape index (κ2) is 10.1. The second-order valence-electron chi connectivity index (χ2n) is 7.98. The van der Waals surface area contributed by atoms with Crippen molar-refractivity contribution in [1.29, 1.82) is 0 Å². The zero-order chi connectivity index (χ0) is 19.1. The van der Waals surface area contributed by atoms with Gasteiger partial charge in [0.15, 0.2) is 5.96 Å². The molecular weight excluding hydrogens is 340 g/mol. The number of rotatable bonds is 6. The quantitative estimate of drug-likeness (QED) is 0.467. The van der Waals surface area contributed by atoms with Gasteiger partial charge in [-0.25, -0.2) is 0 Å². The zero-order valence-electron chi connectivity index (χ0n) is 17.2. The van der Waals surface area contributed by atoms with Crippen molar-refractivity contribution in [2.45, 2.75) is 38.7 Å². The average molecular weight is 377 g/mol. The molecular formula is C20H36N6O. The van der Waals surface area contributed by atoms with Crippen molar-refractivity contribution in [3.05, 3.63) is 18.0 Å². The molecule has 3 heterocycles. The lowest BCUT2D eigenvalue weighted by molar-refractivity contribution is -0.00802. The highest BCUT2D eigenvalue weighted by atomic mass is 16.5. The minimum absolute atomic E-state index is 0.0621. The van der Waals surface area contributed by atoms with Crippen molar-refractivity contribution < 1.29 is 4.74 Å². The lowest BCUT2D eigenvalue weighted by atomic mass is 10.0. The van der Waals surface area contributed by atoms with Crippen LogP contribution >= 0.6 is 0 Å². The van der Waals surface area contributed by atoms with Gasteiger partial charge >= 0.3 is 0 Å². The van der Waals surface area contributed by atoms with Crippen LogP contribution in [-0.4, -0.2) is 78.5 Å². The molecule has 3 rings (SSSR count). The van der Waals surface area contributed by atoms with Gasteiger partial charge in [0.1, 0.15) is 6.10 Å². The molecule has 1 N–H and O–H groups in total. The topological polar surface area (TPSA) is 57.9 Å². The van der Waals surface area contributed by atoms with Crippen molar-refractivity contribution in [2.24, 2.45) is 18.0 Å². The molecule has 0 bridgehead atoms. The van der Waals surface area contributed by atoms with Crippen LogP contribution in [0.2, 0.25) is 0 Å². The van der Waals surface area contributed by atoms with Gasteiger partial charge in [0.05, 0.1) is 19.3 Å². The van der Waals surface area contributed by atoms with E-state index >= 15 is 0 Å². The normalized spacial score (nSPS) is 25.0. The van der Waals surface area contributed by atoms with Gasteiger partial charge in [-0.2, -0.15) is 5.10 Å². The molecule has 0 saturated carbocycles. The van der Waals surface area contributed by atoms with E-state index in [-0.39, 0.29) is 6.10 Å². The molecule has 2 atom stereocenters. The lowest BCUT2D eigenvalue weighted by Gasteiger charge is -2.35. The van der Waals surface area contributed by atoms with Crippen LogP contribution in [0.1, 0.15) is 44.3 Å². The first-order valence-electron chi connectivity index (χ1n) is 10.4. The Hall–Kier alpha value is -1.60. The highest BCUT2D eigenvalue weighted by molar-refractivity contribution is 5.80. The van der Waals surface area contributed by atoms with Crippen molar-refractivity contribution in [3.63, 3.8) is 0 Å². The standard InChI is InChI=1S/C20H36N6O/c1-17-7-6-10-25(14-17)9-5-4-8-22-20(21-2)26-11-12-27-19(16-26)18-13-23-24(3)15-18/h13,15,17,19H,4-12,14,16H2,1-3H3,(H,21,22). The molecule has 2 fully saturated rings. The summed E-state index contributed by atoms with van der Waals surface area (Å²) in [7, 11) is 3.81. The first-order chi connectivity index (χ1) is 13.2. The Bertz CT molecular complexity index is 601. The van der Waals surface area contributed by atoms with Gasteiger partial charge in [-0.1, -0.05) is 6.92 Å². The van der Waals surface area contributed by atoms with E-state index in [4.69, 9.17) is 4.74 Å². The fourth-order valence-corrected chi connectivity index (χ4v) is 4.13. The Labute approximate surface area is 163 Å². The minimum Gasteiger partial charge on any atom is -0.370 e. The minimum atomic E-state index is 0.0621. The number of piperidine rings is 1. The van der Waals surface area contributed by atoms with Crippen molar-refractivity contribution in [2.75, 3.05) is 52.9 Å². The molecule has 27 heavy (non-hydrogen) atoms. The number of likely N-dealkylation sites (tertiary alicyclic amines) is 1. The van der Waals surface area contributed by atoms with Crippen LogP contribution in [0.5, 0.6) is 0 Å². The molecule has 1 aromatic rings.